The third-order valence-corrected chi connectivity index (χ3v) is 12.6. The van der Waals surface area contributed by atoms with Crippen LogP contribution in [0.4, 0.5) is 28.4 Å². The normalized spacial score (nSPS) is 15.2. The summed E-state index contributed by atoms with van der Waals surface area (Å²) in [5.41, 5.74) is 18.1. The molecule has 12 rings (SSSR count). The van der Waals surface area contributed by atoms with Crippen molar-refractivity contribution in [2.24, 2.45) is 0 Å². The zero-order chi connectivity index (χ0) is 36.2. The summed E-state index contributed by atoms with van der Waals surface area (Å²) in [5.74, 6) is 0. The minimum atomic E-state index is -0.216. The van der Waals surface area contributed by atoms with Gasteiger partial charge in [-0.1, -0.05) is 120 Å². The molecule has 0 radical (unpaired) electrons. The first kappa shape index (κ1) is 30.3. The molecule has 0 spiro atoms. The van der Waals surface area contributed by atoms with Crippen LogP contribution < -0.4 is 20.6 Å². The van der Waals surface area contributed by atoms with Gasteiger partial charge in [-0.2, -0.15) is 0 Å². The predicted octanol–water partition coefficient (Wildman–Crippen LogP) is 12.1. The SMILES string of the molecule is CC(C)(C)c1ccc(N2B3c4cccc5c4N(c4ccccc4C5(C)C)c4c3c(cc3c4oc4ccccc43)-c3c2ccc2c3oc3ccccc32)cc1. The molecule has 0 bridgehead atoms. The van der Waals surface area contributed by atoms with E-state index in [0.717, 1.165) is 66.5 Å². The molecule has 3 aliphatic rings. The molecule has 5 heteroatoms. The van der Waals surface area contributed by atoms with Gasteiger partial charge in [0, 0.05) is 49.6 Å². The molecule has 0 aliphatic carbocycles. The fourth-order valence-corrected chi connectivity index (χ4v) is 10.0. The molecule has 2 aromatic heterocycles. The van der Waals surface area contributed by atoms with Crippen LogP contribution in [0.3, 0.4) is 0 Å². The third kappa shape index (κ3) is 3.69. The van der Waals surface area contributed by atoms with Crippen LogP contribution >= 0.6 is 0 Å². The van der Waals surface area contributed by atoms with Gasteiger partial charge in [-0.05, 0) is 87.1 Å². The van der Waals surface area contributed by atoms with Gasteiger partial charge in [0.15, 0.2) is 5.58 Å². The molecule has 258 valence electrons. The Bertz CT molecular complexity index is 3090. The number of fused-ring (bicyclic) bond motifs is 14. The highest BCUT2D eigenvalue weighted by atomic mass is 16.3. The maximum atomic E-state index is 7.03. The molecule has 0 saturated heterocycles. The van der Waals surface area contributed by atoms with Crippen LogP contribution in [0.2, 0.25) is 0 Å². The first-order valence-corrected chi connectivity index (χ1v) is 19.1. The number of furan rings is 2. The zero-order valence-corrected chi connectivity index (χ0v) is 31.0. The highest BCUT2D eigenvalue weighted by Crippen LogP contribution is 2.57. The Hall–Kier alpha value is -6.20. The number of anilines is 5. The van der Waals surface area contributed by atoms with Gasteiger partial charge in [-0.3, -0.25) is 0 Å². The van der Waals surface area contributed by atoms with E-state index in [4.69, 9.17) is 8.83 Å². The van der Waals surface area contributed by atoms with Crippen molar-refractivity contribution >= 4 is 90.1 Å². The van der Waals surface area contributed by atoms with Crippen molar-refractivity contribution in [1.29, 1.82) is 0 Å². The summed E-state index contributed by atoms with van der Waals surface area (Å²) in [6.45, 7) is 11.5. The average Bonchev–Trinajstić information content (AvgIpc) is 3.75. The summed E-state index contributed by atoms with van der Waals surface area (Å²) in [6, 6.07) is 49.1. The molecule has 0 saturated carbocycles. The minimum Gasteiger partial charge on any atom is -0.455 e. The van der Waals surface area contributed by atoms with Gasteiger partial charge in [-0.25, -0.2) is 0 Å². The maximum absolute atomic E-state index is 7.03. The van der Waals surface area contributed by atoms with Crippen molar-refractivity contribution < 1.29 is 8.83 Å². The Morgan fingerprint density at radius 3 is 2.00 bits per heavy atom. The van der Waals surface area contributed by atoms with E-state index >= 15 is 0 Å². The standard InChI is InChI=1S/C49H37BN2O2/c1-48(2,3)28-21-23-29(24-22-28)52-39-26-25-32-30-13-6-10-19-40(30)53-46(32)42(39)34-27-33-31-14-7-11-20-41(31)54-47(33)45-43(34)50(52)37-17-12-16-36-44(37)51(45)38-18-9-8-15-35(38)49(36,4)5/h6-27H,1-5H3. The Balaban J connectivity index is 1.30. The smallest absolute Gasteiger partial charge is 0.333 e. The summed E-state index contributed by atoms with van der Waals surface area (Å²) in [7, 11) is 0. The Morgan fingerprint density at radius 1 is 0.574 bits per heavy atom. The lowest BCUT2D eigenvalue weighted by molar-refractivity contribution is 0.590. The predicted molar refractivity (Wildman–Crippen MR) is 226 cm³/mol. The third-order valence-electron chi connectivity index (χ3n) is 12.6. The van der Waals surface area contributed by atoms with Crippen molar-refractivity contribution in [2.45, 2.75) is 45.4 Å². The minimum absolute atomic E-state index is 0.0360. The molecule has 54 heavy (non-hydrogen) atoms. The fourth-order valence-electron chi connectivity index (χ4n) is 10.0. The van der Waals surface area contributed by atoms with Crippen LogP contribution in [0.15, 0.2) is 142 Å². The number of hydrogen-bond acceptors (Lipinski definition) is 4. The van der Waals surface area contributed by atoms with E-state index in [-0.39, 0.29) is 17.7 Å². The average molecular weight is 697 g/mol. The summed E-state index contributed by atoms with van der Waals surface area (Å²) >= 11 is 0. The van der Waals surface area contributed by atoms with Gasteiger partial charge in [0.1, 0.15) is 16.7 Å². The number of para-hydroxylation sites is 4. The van der Waals surface area contributed by atoms with Crippen molar-refractivity contribution in [3.8, 4) is 11.1 Å². The van der Waals surface area contributed by atoms with Crippen LogP contribution in [0.25, 0.3) is 55.0 Å². The first-order valence-electron chi connectivity index (χ1n) is 19.1. The molecule has 7 aromatic carbocycles. The van der Waals surface area contributed by atoms with Crippen molar-refractivity contribution in [3.63, 3.8) is 0 Å². The Kier molecular flexibility index (Phi) is 5.64. The second-order valence-electron chi connectivity index (χ2n) is 16.9. The van der Waals surface area contributed by atoms with Gasteiger partial charge in [0.25, 0.3) is 0 Å². The summed E-state index contributed by atoms with van der Waals surface area (Å²) in [4.78, 5) is 5.12. The van der Waals surface area contributed by atoms with Crippen LogP contribution in [0.5, 0.6) is 0 Å². The number of hydrogen-bond donors (Lipinski definition) is 0. The number of benzene rings is 7. The maximum Gasteiger partial charge on any atom is 0.333 e. The molecular formula is C49H37BN2O2. The summed E-state index contributed by atoms with van der Waals surface area (Å²) in [6.07, 6.45) is 0. The molecule has 3 aliphatic heterocycles. The fraction of sp³-hybridized carbons (Fsp3) is 0.143. The second-order valence-corrected chi connectivity index (χ2v) is 16.9. The van der Waals surface area contributed by atoms with Crippen LogP contribution in [-0.4, -0.2) is 6.85 Å². The Labute approximate surface area is 314 Å². The molecular weight excluding hydrogens is 659 g/mol. The van der Waals surface area contributed by atoms with E-state index in [2.05, 4.69) is 178 Å². The molecule has 0 unspecified atom stereocenters. The highest BCUT2D eigenvalue weighted by molar-refractivity contribution is 6.94. The zero-order valence-electron chi connectivity index (χ0n) is 31.0. The number of nitrogens with zero attached hydrogens (tertiary/aromatic N) is 2. The van der Waals surface area contributed by atoms with E-state index < -0.39 is 0 Å². The molecule has 5 heterocycles. The van der Waals surface area contributed by atoms with Gasteiger partial charge in [0.2, 0.25) is 0 Å². The lowest BCUT2D eigenvalue weighted by Crippen LogP contribution is -2.62. The van der Waals surface area contributed by atoms with Gasteiger partial charge < -0.3 is 18.5 Å². The van der Waals surface area contributed by atoms with E-state index in [1.165, 1.54) is 44.6 Å². The molecule has 0 amide bonds. The number of rotatable bonds is 1. The summed E-state index contributed by atoms with van der Waals surface area (Å²) in [5, 5.41) is 4.49. The van der Waals surface area contributed by atoms with Crippen LogP contribution in [0.1, 0.15) is 51.3 Å². The molecule has 0 N–H and O–H groups in total. The topological polar surface area (TPSA) is 32.8 Å². The molecule has 4 nitrogen and oxygen atoms in total. The van der Waals surface area contributed by atoms with Gasteiger partial charge >= 0.3 is 6.85 Å². The van der Waals surface area contributed by atoms with Crippen molar-refractivity contribution in [1.82, 2.24) is 0 Å². The first-order chi connectivity index (χ1) is 26.2. The monoisotopic (exact) mass is 696 g/mol. The Morgan fingerprint density at radius 2 is 1.24 bits per heavy atom. The van der Waals surface area contributed by atoms with Crippen LogP contribution in [0, 0.1) is 0 Å². The van der Waals surface area contributed by atoms with Gasteiger partial charge in [0.05, 0.1) is 11.4 Å². The molecule has 0 atom stereocenters. The van der Waals surface area contributed by atoms with Crippen molar-refractivity contribution in [2.75, 3.05) is 9.71 Å². The van der Waals surface area contributed by atoms with Crippen LogP contribution in [-0.2, 0) is 10.8 Å². The van der Waals surface area contributed by atoms with E-state index in [9.17, 15) is 0 Å². The van der Waals surface area contributed by atoms with Gasteiger partial charge in [-0.15, -0.1) is 0 Å². The van der Waals surface area contributed by atoms with E-state index in [1.807, 2.05) is 0 Å². The highest BCUT2D eigenvalue weighted by Gasteiger charge is 2.51. The largest absolute Gasteiger partial charge is 0.455 e. The van der Waals surface area contributed by atoms with E-state index in [1.54, 1.807) is 0 Å². The molecule has 0 fully saturated rings. The lowest BCUT2D eigenvalue weighted by atomic mass is 9.42. The summed E-state index contributed by atoms with van der Waals surface area (Å²) < 4.78 is 14.0. The quantitative estimate of drug-likeness (QED) is 0.160. The molecule has 9 aromatic rings. The lowest BCUT2D eigenvalue weighted by Gasteiger charge is -2.50. The van der Waals surface area contributed by atoms with Crippen molar-refractivity contribution in [3.05, 3.63) is 150 Å². The second kappa shape index (κ2) is 10.1. The van der Waals surface area contributed by atoms with E-state index in [0.29, 0.717) is 0 Å².